The van der Waals surface area contributed by atoms with Gasteiger partial charge in [-0.1, -0.05) is 49.7 Å². The third-order valence-corrected chi connectivity index (χ3v) is 4.83. The molecule has 2 aromatic rings. The van der Waals surface area contributed by atoms with Crippen LogP contribution >= 0.6 is 0 Å². The molecule has 3 rings (SSSR count). The number of fused-ring (bicyclic) bond motifs is 1. The van der Waals surface area contributed by atoms with E-state index < -0.39 is 5.60 Å². The Kier molecular flexibility index (Phi) is 5.00. The molecule has 2 aromatic carbocycles. The van der Waals surface area contributed by atoms with Crippen molar-refractivity contribution in [2.24, 2.45) is 0 Å². The maximum atomic E-state index is 12.3. The second-order valence-electron chi connectivity index (χ2n) is 6.80. The average molecular weight is 323 g/mol. The molecule has 0 aliphatic heterocycles. The molecule has 0 fully saturated rings. The van der Waals surface area contributed by atoms with E-state index in [4.69, 9.17) is 0 Å². The van der Waals surface area contributed by atoms with E-state index in [1.165, 1.54) is 16.7 Å². The number of rotatable bonds is 5. The molecule has 1 aliphatic rings. The first kappa shape index (κ1) is 16.7. The molecule has 0 radical (unpaired) electrons. The van der Waals surface area contributed by atoms with E-state index in [1.54, 1.807) is 0 Å². The quantitative estimate of drug-likeness (QED) is 0.887. The minimum Gasteiger partial charge on any atom is -0.388 e. The summed E-state index contributed by atoms with van der Waals surface area (Å²) in [6.07, 6.45) is 4.26. The van der Waals surface area contributed by atoms with E-state index >= 15 is 0 Å². The second-order valence-corrected chi connectivity index (χ2v) is 6.80. The predicted molar refractivity (Wildman–Crippen MR) is 96.2 cm³/mol. The van der Waals surface area contributed by atoms with Gasteiger partial charge in [0, 0.05) is 18.5 Å². The molecule has 1 atom stereocenters. The molecule has 0 spiro atoms. The molecule has 0 aromatic heterocycles. The molecule has 0 bridgehead atoms. The molecule has 0 saturated heterocycles. The Morgan fingerprint density at radius 1 is 1.12 bits per heavy atom. The fourth-order valence-corrected chi connectivity index (χ4v) is 3.39. The van der Waals surface area contributed by atoms with Crippen molar-refractivity contribution in [3.8, 4) is 0 Å². The summed E-state index contributed by atoms with van der Waals surface area (Å²) >= 11 is 0. The van der Waals surface area contributed by atoms with Gasteiger partial charge in [0.15, 0.2) is 0 Å². The van der Waals surface area contributed by atoms with Crippen LogP contribution in [0.1, 0.15) is 46.8 Å². The minimum atomic E-state index is -0.855. The highest BCUT2D eigenvalue weighted by atomic mass is 16.3. The molecule has 1 aliphatic carbocycles. The topological polar surface area (TPSA) is 49.3 Å². The lowest BCUT2D eigenvalue weighted by molar-refractivity contribution is 0.0260. The van der Waals surface area contributed by atoms with E-state index in [-0.39, 0.29) is 12.5 Å². The molecular weight excluding hydrogens is 298 g/mol. The third-order valence-electron chi connectivity index (χ3n) is 4.83. The number of nitrogens with one attached hydrogen (secondary N) is 1. The molecule has 24 heavy (non-hydrogen) atoms. The Labute approximate surface area is 143 Å². The van der Waals surface area contributed by atoms with Crippen molar-refractivity contribution in [3.63, 3.8) is 0 Å². The smallest absolute Gasteiger partial charge is 0.251 e. The summed E-state index contributed by atoms with van der Waals surface area (Å²) in [5.74, 6) is -0.120. The normalized spacial score (nSPS) is 19.6. The van der Waals surface area contributed by atoms with E-state index in [1.807, 2.05) is 36.4 Å². The minimum absolute atomic E-state index is 0.120. The number of carbonyl (C=O) groups excluding carboxylic acids is 1. The van der Waals surface area contributed by atoms with Crippen molar-refractivity contribution >= 4 is 5.91 Å². The van der Waals surface area contributed by atoms with Crippen LogP contribution in [-0.2, 0) is 19.3 Å². The first-order chi connectivity index (χ1) is 11.6. The van der Waals surface area contributed by atoms with Gasteiger partial charge in [0.2, 0.25) is 0 Å². The first-order valence-corrected chi connectivity index (χ1v) is 8.76. The Bertz CT molecular complexity index is 708. The lowest BCUT2D eigenvalue weighted by Gasteiger charge is -2.33. The summed E-state index contributed by atoms with van der Waals surface area (Å²) < 4.78 is 0. The van der Waals surface area contributed by atoms with Crippen LogP contribution in [0.15, 0.2) is 48.5 Å². The summed E-state index contributed by atoms with van der Waals surface area (Å²) in [6, 6.07) is 15.9. The summed E-state index contributed by atoms with van der Waals surface area (Å²) in [5.41, 5.74) is 3.53. The fourth-order valence-electron chi connectivity index (χ4n) is 3.39. The molecule has 126 valence electrons. The Morgan fingerprint density at radius 3 is 2.54 bits per heavy atom. The largest absolute Gasteiger partial charge is 0.388 e. The maximum absolute atomic E-state index is 12.3. The molecule has 3 heteroatoms. The average Bonchev–Trinajstić information content (AvgIpc) is 2.60. The monoisotopic (exact) mass is 323 g/mol. The highest BCUT2D eigenvalue weighted by Crippen LogP contribution is 2.28. The zero-order valence-corrected chi connectivity index (χ0v) is 14.2. The first-order valence-electron chi connectivity index (χ1n) is 8.76. The number of amides is 1. The number of aliphatic hydroxyl groups is 1. The van der Waals surface area contributed by atoms with Gasteiger partial charge in [-0.15, -0.1) is 0 Å². The van der Waals surface area contributed by atoms with Crippen LogP contribution in [-0.4, -0.2) is 23.2 Å². The molecule has 1 unspecified atom stereocenters. The van der Waals surface area contributed by atoms with E-state index in [2.05, 4.69) is 24.4 Å². The SMILES string of the molecule is CCCc1ccc(C(=O)NCC2(O)CCc3ccccc3C2)cc1. The van der Waals surface area contributed by atoms with Crippen LogP contribution < -0.4 is 5.32 Å². The summed E-state index contributed by atoms with van der Waals surface area (Å²) in [5, 5.41) is 13.7. The summed E-state index contributed by atoms with van der Waals surface area (Å²) in [4.78, 5) is 12.3. The molecule has 0 heterocycles. The number of aryl methyl sites for hydroxylation is 2. The van der Waals surface area contributed by atoms with Gasteiger partial charge in [0.25, 0.3) is 5.91 Å². The third kappa shape index (κ3) is 3.85. The van der Waals surface area contributed by atoms with Gasteiger partial charge in [0.1, 0.15) is 0 Å². The lowest BCUT2D eigenvalue weighted by atomic mass is 9.80. The Balaban J connectivity index is 1.60. The van der Waals surface area contributed by atoms with E-state index in [9.17, 15) is 9.90 Å². The predicted octanol–water partition coefficient (Wildman–Crippen LogP) is 3.29. The van der Waals surface area contributed by atoms with Crippen LogP contribution in [0, 0.1) is 0 Å². The van der Waals surface area contributed by atoms with E-state index in [0.29, 0.717) is 18.4 Å². The van der Waals surface area contributed by atoms with E-state index in [0.717, 1.165) is 19.3 Å². The number of hydrogen-bond donors (Lipinski definition) is 2. The number of hydrogen-bond acceptors (Lipinski definition) is 2. The zero-order valence-electron chi connectivity index (χ0n) is 14.2. The van der Waals surface area contributed by atoms with Gasteiger partial charge < -0.3 is 10.4 Å². The highest BCUT2D eigenvalue weighted by molar-refractivity contribution is 5.94. The van der Waals surface area contributed by atoms with Gasteiger partial charge in [-0.25, -0.2) is 0 Å². The summed E-state index contributed by atoms with van der Waals surface area (Å²) in [6.45, 7) is 2.43. The van der Waals surface area contributed by atoms with Gasteiger partial charge in [0.05, 0.1) is 5.60 Å². The maximum Gasteiger partial charge on any atom is 0.251 e. The van der Waals surface area contributed by atoms with Crippen molar-refractivity contribution in [2.45, 2.75) is 44.6 Å². The van der Waals surface area contributed by atoms with Crippen LogP contribution in [0.4, 0.5) is 0 Å². The van der Waals surface area contributed by atoms with Crippen molar-refractivity contribution in [1.29, 1.82) is 0 Å². The molecule has 3 nitrogen and oxygen atoms in total. The van der Waals surface area contributed by atoms with Crippen LogP contribution in [0.25, 0.3) is 0 Å². The van der Waals surface area contributed by atoms with Crippen LogP contribution in [0.3, 0.4) is 0 Å². The lowest BCUT2D eigenvalue weighted by Crippen LogP contribution is -2.46. The Hall–Kier alpha value is -2.13. The van der Waals surface area contributed by atoms with Gasteiger partial charge in [-0.2, -0.15) is 0 Å². The van der Waals surface area contributed by atoms with Gasteiger partial charge in [-0.3, -0.25) is 4.79 Å². The molecular formula is C21H25NO2. The Morgan fingerprint density at radius 2 is 1.83 bits per heavy atom. The van der Waals surface area contributed by atoms with Crippen LogP contribution in [0.2, 0.25) is 0 Å². The van der Waals surface area contributed by atoms with Crippen molar-refractivity contribution in [2.75, 3.05) is 6.54 Å². The standard InChI is InChI=1S/C21H25NO2/c1-2-5-16-8-10-18(11-9-16)20(23)22-15-21(24)13-12-17-6-3-4-7-19(17)14-21/h3-4,6-11,24H,2,5,12-15H2,1H3,(H,22,23). The van der Waals surface area contributed by atoms with Crippen molar-refractivity contribution in [1.82, 2.24) is 5.32 Å². The van der Waals surface area contributed by atoms with Crippen molar-refractivity contribution < 1.29 is 9.90 Å². The second kappa shape index (κ2) is 7.18. The van der Waals surface area contributed by atoms with Gasteiger partial charge in [-0.05, 0) is 48.1 Å². The van der Waals surface area contributed by atoms with Crippen LogP contribution in [0.5, 0.6) is 0 Å². The molecule has 2 N–H and O–H groups in total. The van der Waals surface area contributed by atoms with Gasteiger partial charge >= 0.3 is 0 Å². The molecule has 0 saturated carbocycles. The van der Waals surface area contributed by atoms with Crippen molar-refractivity contribution in [3.05, 3.63) is 70.8 Å². The zero-order chi connectivity index (χ0) is 17.0. The molecule has 1 amide bonds. The number of carbonyl (C=O) groups is 1. The highest BCUT2D eigenvalue weighted by Gasteiger charge is 2.32. The summed E-state index contributed by atoms with van der Waals surface area (Å²) in [7, 11) is 0. The number of benzene rings is 2. The fraction of sp³-hybridized carbons (Fsp3) is 0.381.